The Labute approximate surface area is 103 Å². The fraction of sp³-hybridized carbons (Fsp3) is 0.250. The zero-order valence-electron chi connectivity index (χ0n) is 9.37. The smallest absolute Gasteiger partial charge is 0.131 e. The summed E-state index contributed by atoms with van der Waals surface area (Å²) in [5.41, 5.74) is 7.95. The number of nitrogen functional groups attached to an aromatic ring is 1. The summed E-state index contributed by atoms with van der Waals surface area (Å²) in [6, 6.07) is 7.98. The minimum atomic E-state index is 0.712. The molecule has 2 aromatic rings. The lowest BCUT2D eigenvalue weighted by Crippen LogP contribution is -2.00. The maximum Gasteiger partial charge on any atom is 0.131 e. The first-order chi connectivity index (χ1) is 7.65. The Kier molecular flexibility index (Phi) is 3.01. The molecule has 1 aromatic carbocycles. The van der Waals surface area contributed by atoms with Gasteiger partial charge in [-0.15, -0.1) is 0 Å². The Morgan fingerprint density at radius 3 is 2.62 bits per heavy atom. The molecule has 16 heavy (non-hydrogen) atoms. The quantitative estimate of drug-likeness (QED) is 0.919. The second-order valence-electron chi connectivity index (χ2n) is 3.65. The van der Waals surface area contributed by atoms with E-state index in [0.717, 1.165) is 28.0 Å². The van der Waals surface area contributed by atoms with E-state index in [1.165, 1.54) is 0 Å². The third-order valence-corrected chi connectivity index (χ3v) is 3.37. The van der Waals surface area contributed by atoms with Crippen molar-refractivity contribution in [3.05, 3.63) is 34.6 Å². The van der Waals surface area contributed by atoms with Gasteiger partial charge >= 0.3 is 0 Å². The number of nitrogens with zero attached hydrogens (tertiary/aromatic N) is 2. The molecule has 2 rings (SSSR count). The van der Waals surface area contributed by atoms with Crippen LogP contribution in [0.25, 0.3) is 11.3 Å². The molecule has 1 heterocycles. The molecule has 0 unspecified atom stereocenters. The summed E-state index contributed by atoms with van der Waals surface area (Å²) in [6.45, 7) is 2.07. The Hall–Kier alpha value is -1.29. The molecule has 0 atom stereocenters. The van der Waals surface area contributed by atoms with Crippen LogP contribution in [0.3, 0.4) is 0 Å². The number of imidazole rings is 1. The highest BCUT2D eigenvalue weighted by Gasteiger charge is 2.14. The highest BCUT2D eigenvalue weighted by molar-refractivity contribution is 9.10. The fourth-order valence-corrected chi connectivity index (χ4v) is 2.20. The van der Waals surface area contributed by atoms with Crippen molar-refractivity contribution in [2.45, 2.75) is 13.3 Å². The Morgan fingerprint density at radius 2 is 2.06 bits per heavy atom. The van der Waals surface area contributed by atoms with Gasteiger partial charge in [-0.05, 0) is 6.07 Å². The number of benzene rings is 1. The molecule has 0 saturated carbocycles. The molecule has 3 nitrogen and oxygen atoms in total. The first-order valence-electron chi connectivity index (χ1n) is 5.21. The predicted molar refractivity (Wildman–Crippen MR) is 70.1 cm³/mol. The maximum atomic E-state index is 6.06. The van der Waals surface area contributed by atoms with Crippen molar-refractivity contribution in [2.75, 3.05) is 5.73 Å². The topological polar surface area (TPSA) is 43.8 Å². The summed E-state index contributed by atoms with van der Waals surface area (Å²) in [7, 11) is 1.95. The third-order valence-electron chi connectivity index (χ3n) is 2.68. The fourth-order valence-electron chi connectivity index (χ4n) is 1.73. The number of rotatable bonds is 2. The number of halogens is 1. The SMILES string of the molecule is CCc1nc(-c2ccccc2Br)c(N)n1C. The first-order valence-corrected chi connectivity index (χ1v) is 6.00. The number of aryl methyl sites for hydroxylation is 1. The van der Waals surface area contributed by atoms with E-state index in [1.807, 2.05) is 35.9 Å². The molecule has 4 heteroatoms. The van der Waals surface area contributed by atoms with Crippen LogP contribution in [-0.2, 0) is 13.5 Å². The van der Waals surface area contributed by atoms with Gasteiger partial charge in [-0.1, -0.05) is 41.1 Å². The van der Waals surface area contributed by atoms with Crippen molar-refractivity contribution in [1.82, 2.24) is 9.55 Å². The van der Waals surface area contributed by atoms with Gasteiger partial charge in [0.2, 0.25) is 0 Å². The van der Waals surface area contributed by atoms with Crippen molar-refractivity contribution in [3.8, 4) is 11.3 Å². The number of anilines is 1. The summed E-state index contributed by atoms with van der Waals surface area (Å²) in [6.07, 6.45) is 0.880. The summed E-state index contributed by atoms with van der Waals surface area (Å²) in [5, 5.41) is 0. The third kappa shape index (κ3) is 1.73. The largest absolute Gasteiger partial charge is 0.383 e. The van der Waals surface area contributed by atoms with Crippen molar-refractivity contribution in [1.29, 1.82) is 0 Å². The molecule has 1 aromatic heterocycles. The van der Waals surface area contributed by atoms with Crippen molar-refractivity contribution in [2.24, 2.45) is 7.05 Å². The van der Waals surface area contributed by atoms with E-state index in [0.29, 0.717) is 5.82 Å². The van der Waals surface area contributed by atoms with Gasteiger partial charge in [0.1, 0.15) is 17.3 Å². The van der Waals surface area contributed by atoms with Gasteiger partial charge in [0.25, 0.3) is 0 Å². The molecular weight excluding hydrogens is 266 g/mol. The van der Waals surface area contributed by atoms with Gasteiger partial charge < -0.3 is 10.3 Å². The monoisotopic (exact) mass is 279 g/mol. The van der Waals surface area contributed by atoms with Crippen LogP contribution in [0.1, 0.15) is 12.7 Å². The molecule has 0 aliphatic carbocycles. The average molecular weight is 280 g/mol. The Balaban J connectivity index is 2.61. The molecule has 0 aliphatic rings. The van der Waals surface area contributed by atoms with Crippen LogP contribution in [0.15, 0.2) is 28.7 Å². The normalized spacial score (nSPS) is 10.7. The van der Waals surface area contributed by atoms with Gasteiger partial charge in [-0.25, -0.2) is 4.98 Å². The Bertz CT molecular complexity index is 517. The molecule has 0 fully saturated rings. The highest BCUT2D eigenvalue weighted by Crippen LogP contribution is 2.31. The average Bonchev–Trinajstić information content (AvgIpc) is 2.57. The number of aromatic nitrogens is 2. The van der Waals surface area contributed by atoms with Crippen LogP contribution >= 0.6 is 15.9 Å². The van der Waals surface area contributed by atoms with Crippen LogP contribution in [0.4, 0.5) is 5.82 Å². The molecular formula is C12H14BrN3. The van der Waals surface area contributed by atoms with Gasteiger partial charge in [0.15, 0.2) is 0 Å². The van der Waals surface area contributed by atoms with Gasteiger partial charge in [-0.2, -0.15) is 0 Å². The molecule has 0 bridgehead atoms. The van der Waals surface area contributed by atoms with E-state index < -0.39 is 0 Å². The van der Waals surface area contributed by atoms with Crippen molar-refractivity contribution in [3.63, 3.8) is 0 Å². The van der Waals surface area contributed by atoms with E-state index in [1.54, 1.807) is 0 Å². The van der Waals surface area contributed by atoms with Gasteiger partial charge in [0, 0.05) is 23.5 Å². The molecule has 2 N–H and O–H groups in total. The summed E-state index contributed by atoms with van der Waals surface area (Å²) < 4.78 is 2.96. The van der Waals surface area contributed by atoms with Crippen molar-refractivity contribution >= 4 is 21.7 Å². The van der Waals surface area contributed by atoms with Gasteiger partial charge in [-0.3, -0.25) is 0 Å². The molecule has 84 valence electrons. The zero-order chi connectivity index (χ0) is 11.7. The molecule has 0 saturated heterocycles. The van der Waals surface area contributed by atoms with E-state index in [9.17, 15) is 0 Å². The lowest BCUT2D eigenvalue weighted by atomic mass is 10.1. The van der Waals surface area contributed by atoms with Crippen LogP contribution in [0.5, 0.6) is 0 Å². The lowest BCUT2D eigenvalue weighted by molar-refractivity contribution is 0.816. The molecule has 0 radical (unpaired) electrons. The van der Waals surface area contributed by atoms with Crippen LogP contribution in [-0.4, -0.2) is 9.55 Å². The van der Waals surface area contributed by atoms with Gasteiger partial charge in [0.05, 0.1) is 0 Å². The second kappa shape index (κ2) is 4.29. The van der Waals surface area contributed by atoms with E-state index >= 15 is 0 Å². The standard InChI is InChI=1S/C12H14BrN3/c1-3-10-15-11(12(14)16(10)2)8-6-4-5-7-9(8)13/h4-7H,3,14H2,1-2H3. The summed E-state index contributed by atoms with van der Waals surface area (Å²) in [5.74, 6) is 1.71. The molecule has 0 aliphatic heterocycles. The minimum Gasteiger partial charge on any atom is -0.383 e. The van der Waals surface area contributed by atoms with E-state index in [2.05, 4.69) is 27.8 Å². The van der Waals surface area contributed by atoms with Crippen LogP contribution < -0.4 is 5.73 Å². The van der Waals surface area contributed by atoms with Crippen LogP contribution in [0.2, 0.25) is 0 Å². The summed E-state index contributed by atoms with van der Waals surface area (Å²) in [4.78, 5) is 4.57. The van der Waals surface area contributed by atoms with E-state index in [-0.39, 0.29) is 0 Å². The minimum absolute atomic E-state index is 0.712. The maximum absolute atomic E-state index is 6.06. The highest BCUT2D eigenvalue weighted by atomic mass is 79.9. The number of hydrogen-bond acceptors (Lipinski definition) is 2. The summed E-state index contributed by atoms with van der Waals surface area (Å²) >= 11 is 3.52. The first kappa shape index (κ1) is 11.2. The molecule has 0 spiro atoms. The van der Waals surface area contributed by atoms with Crippen LogP contribution in [0, 0.1) is 0 Å². The number of hydrogen-bond donors (Lipinski definition) is 1. The van der Waals surface area contributed by atoms with Crippen molar-refractivity contribution < 1.29 is 0 Å². The lowest BCUT2D eigenvalue weighted by Gasteiger charge is -2.02. The second-order valence-corrected chi connectivity index (χ2v) is 4.51. The Morgan fingerprint density at radius 1 is 1.38 bits per heavy atom. The van der Waals surface area contributed by atoms with E-state index in [4.69, 9.17) is 5.73 Å². The zero-order valence-corrected chi connectivity index (χ0v) is 11.0. The predicted octanol–water partition coefficient (Wildman–Crippen LogP) is 2.99. The molecule has 0 amide bonds. The number of nitrogens with two attached hydrogens (primary N) is 1.